The second-order valence-electron chi connectivity index (χ2n) is 9.80. The molecule has 1 atom stereocenters. The average molecular weight is 570 g/mol. The third-order valence-electron chi connectivity index (χ3n) is 6.41. The summed E-state index contributed by atoms with van der Waals surface area (Å²) in [6.45, 7) is 8.87. The molecule has 208 valence electrons. The number of amides is 2. The molecule has 9 heteroatoms. The van der Waals surface area contributed by atoms with E-state index in [1.807, 2.05) is 52.0 Å². The molecular formula is C30H36ClN3O4S. The third kappa shape index (κ3) is 7.40. The molecule has 0 aromatic heterocycles. The summed E-state index contributed by atoms with van der Waals surface area (Å²) in [6.07, 6.45) is 0.359. The van der Waals surface area contributed by atoms with Crippen LogP contribution in [0.1, 0.15) is 43.9 Å². The number of sulfonamides is 1. The molecule has 1 N–H and O–H groups in total. The van der Waals surface area contributed by atoms with E-state index in [9.17, 15) is 18.0 Å². The summed E-state index contributed by atoms with van der Waals surface area (Å²) in [6, 6.07) is 19.7. The van der Waals surface area contributed by atoms with E-state index in [4.69, 9.17) is 11.6 Å². The maximum absolute atomic E-state index is 14.1. The van der Waals surface area contributed by atoms with Crippen molar-refractivity contribution < 1.29 is 18.0 Å². The SMILES string of the molecule is CC[C@H](C(=O)NC(C)C)N(Cc1ccc(C)cc1)C(=O)CN(c1cccc(Cl)c1C)S(=O)(=O)c1ccccc1. The topological polar surface area (TPSA) is 86.8 Å². The zero-order chi connectivity index (χ0) is 28.7. The molecule has 0 aliphatic heterocycles. The number of nitrogens with one attached hydrogen (secondary N) is 1. The van der Waals surface area contributed by atoms with E-state index in [2.05, 4.69) is 5.32 Å². The Kier molecular flexibility index (Phi) is 10.2. The molecule has 0 saturated carbocycles. The number of nitrogens with zero attached hydrogens (tertiary/aromatic N) is 2. The van der Waals surface area contributed by atoms with Crippen molar-refractivity contribution in [2.45, 2.75) is 64.6 Å². The normalized spacial score (nSPS) is 12.2. The van der Waals surface area contributed by atoms with Crippen molar-refractivity contribution in [3.8, 4) is 0 Å². The van der Waals surface area contributed by atoms with E-state index < -0.39 is 28.5 Å². The predicted molar refractivity (Wildman–Crippen MR) is 156 cm³/mol. The van der Waals surface area contributed by atoms with Gasteiger partial charge in [0, 0.05) is 17.6 Å². The van der Waals surface area contributed by atoms with Crippen LogP contribution < -0.4 is 9.62 Å². The van der Waals surface area contributed by atoms with Gasteiger partial charge in [-0.15, -0.1) is 0 Å². The van der Waals surface area contributed by atoms with E-state index in [1.165, 1.54) is 17.0 Å². The lowest BCUT2D eigenvalue weighted by molar-refractivity contribution is -0.140. The summed E-state index contributed by atoms with van der Waals surface area (Å²) in [5.41, 5.74) is 2.73. The molecule has 0 bridgehead atoms. The molecule has 0 spiro atoms. The number of carbonyl (C=O) groups is 2. The van der Waals surface area contributed by atoms with Gasteiger partial charge in [0.2, 0.25) is 11.8 Å². The van der Waals surface area contributed by atoms with Gasteiger partial charge in [-0.3, -0.25) is 13.9 Å². The standard InChI is InChI=1S/C30H36ClN3O4S/c1-6-27(30(36)32-21(2)3)33(19-24-17-15-22(4)16-18-24)29(35)20-34(28-14-10-13-26(31)23(28)5)39(37,38)25-11-8-7-9-12-25/h7-18,21,27H,6,19-20H2,1-5H3,(H,32,36)/t27-/m1/s1. The molecule has 0 aliphatic carbocycles. The van der Waals surface area contributed by atoms with Gasteiger partial charge >= 0.3 is 0 Å². The first-order chi connectivity index (χ1) is 18.4. The van der Waals surface area contributed by atoms with E-state index in [-0.39, 0.29) is 23.4 Å². The minimum absolute atomic E-state index is 0.0480. The summed E-state index contributed by atoms with van der Waals surface area (Å²) in [5.74, 6) is -0.787. The summed E-state index contributed by atoms with van der Waals surface area (Å²) >= 11 is 6.37. The largest absolute Gasteiger partial charge is 0.352 e. The van der Waals surface area contributed by atoms with Crippen LogP contribution >= 0.6 is 11.6 Å². The number of carbonyl (C=O) groups excluding carboxylic acids is 2. The fourth-order valence-electron chi connectivity index (χ4n) is 4.29. The van der Waals surface area contributed by atoms with Crippen molar-refractivity contribution in [2.24, 2.45) is 0 Å². The fraction of sp³-hybridized carbons (Fsp3) is 0.333. The molecular weight excluding hydrogens is 534 g/mol. The minimum atomic E-state index is -4.15. The predicted octanol–water partition coefficient (Wildman–Crippen LogP) is 5.48. The van der Waals surface area contributed by atoms with E-state index >= 15 is 0 Å². The highest BCUT2D eigenvalue weighted by Crippen LogP contribution is 2.31. The first-order valence-corrected chi connectivity index (χ1v) is 14.8. The lowest BCUT2D eigenvalue weighted by Crippen LogP contribution is -2.53. The van der Waals surface area contributed by atoms with Gasteiger partial charge in [-0.05, 0) is 69.5 Å². The highest BCUT2D eigenvalue weighted by atomic mass is 35.5. The highest BCUT2D eigenvalue weighted by molar-refractivity contribution is 7.92. The second-order valence-corrected chi connectivity index (χ2v) is 12.1. The van der Waals surface area contributed by atoms with E-state index in [0.29, 0.717) is 22.7 Å². The molecule has 0 saturated heterocycles. The molecule has 39 heavy (non-hydrogen) atoms. The van der Waals surface area contributed by atoms with Gasteiger partial charge in [0.15, 0.2) is 0 Å². The quantitative estimate of drug-likeness (QED) is 0.331. The van der Waals surface area contributed by atoms with Crippen LogP contribution in [0.15, 0.2) is 77.7 Å². The molecule has 0 radical (unpaired) electrons. The third-order valence-corrected chi connectivity index (χ3v) is 8.59. The van der Waals surface area contributed by atoms with E-state index in [1.54, 1.807) is 43.3 Å². The second kappa shape index (κ2) is 13.1. The number of anilines is 1. The van der Waals surface area contributed by atoms with Crippen LogP contribution in [-0.4, -0.2) is 43.8 Å². The summed E-state index contributed by atoms with van der Waals surface area (Å²) in [5, 5.41) is 3.28. The van der Waals surface area contributed by atoms with Crippen LogP contribution in [0, 0.1) is 13.8 Å². The Bertz CT molecular complexity index is 1390. The molecule has 0 heterocycles. The zero-order valence-corrected chi connectivity index (χ0v) is 24.6. The first-order valence-electron chi connectivity index (χ1n) is 12.9. The zero-order valence-electron chi connectivity index (χ0n) is 23.0. The Balaban J connectivity index is 2.09. The molecule has 0 aliphatic rings. The number of hydrogen-bond donors (Lipinski definition) is 1. The Morgan fingerprint density at radius 2 is 1.56 bits per heavy atom. The van der Waals surface area contributed by atoms with Gasteiger partial charge in [0.1, 0.15) is 12.6 Å². The van der Waals surface area contributed by atoms with Crippen molar-refractivity contribution in [1.29, 1.82) is 0 Å². The molecule has 3 rings (SSSR count). The van der Waals surface area contributed by atoms with Gasteiger partial charge in [-0.1, -0.05) is 72.6 Å². The Morgan fingerprint density at radius 1 is 0.923 bits per heavy atom. The number of hydrogen-bond acceptors (Lipinski definition) is 4. The maximum Gasteiger partial charge on any atom is 0.264 e. The monoisotopic (exact) mass is 569 g/mol. The average Bonchev–Trinajstić information content (AvgIpc) is 2.90. The van der Waals surface area contributed by atoms with Crippen LogP contribution in [0.4, 0.5) is 5.69 Å². The van der Waals surface area contributed by atoms with Crippen LogP contribution in [0.5, 0.6) is 0 Å². The van der Waals surface area contributed by atoms with Crippen molar-refractivity contribution in [3.63, 3.8) is 0 Å². The number of rotatable bonds is 11. The molecule has 2 amide bonds. The highest BCUT2D eigenvalue weighted by Gasteiger charge is 2.34. The molecule has 0 unspecified atom stereocenters. The Morgan fingerprint density at radius 3 is 2.15 bits per heavy atom. The Hall–Kier alpha value is -3.36. The van der Waals surface area contributed by atoms with Gasteiger partial charge in [0.05, 0.1) is 10.6 Å². The molecule has 3 aromatic carbocycles. The fourth-order valence-corrected chi connectivity index (χ4v) is 5.95. The maximum atomic E-state index is 14.1. The molecule has 3 aromatic rings. The smallest absolute Gasteiger partial charge is 0.264 e. The van der Waals surface area contributed by atoms with Crippen LogP contribution in [0.3, 0.4) is 0 Å². The van der Waals surface area contributed by atoms with Gasteiger partial charge in [-0.2, -0.15) is 0 Å². The van der Waals surface area contributed by atoms with Crippen molar-refractivity contribution >= 4 is 39.1 Å². The summed E-state index contributed by atoms with van der Waals surface area (Å²) in [4.78, 5) is 28.8. The van der Waals surface area contributed by atoms with Gasteiger partial charge in [0.25, 0.3) is 10.0 Å². The number of benzene rings is 3. The van der Waals surface area contributed by atoms with Gasteiger partial charge < -0.3 is 10.2 Å². The minimum Gasteiger partial charge on any atom is -0.352 e. The van der Waals surface area contributed by atoms with Crippen molar-refractivity contribution in [1.82, 2.24) is 10.2 Å². The lowest BCUT2D eigenvalue weighted by atomic mass is 10.1. The molecule has 7 nitrogen and oxygen atoms in total. The van der Waals surface area contributed by atoms with E-state index in [0.717, 1.165) is 15.4 Å². The first kappa shape index (κ1) is 30.2. The van der Waals surface area contributed by atoms with Gasteiger partial charge in [-0.25, -0.2) is 8.42 Å². The summed E-state index contributed by atoms with van der Waals surface area (Å²) in [7, 11) is -4.15. The van der Waals surface area contributed by atoms with Crippen molar-refractivity contribution in [2.75, 3.05) is 10.8 Å². The summed E-state index contributed by atoms with van der Waals surface area (Å²) < 4.78 is 28.9. The Labute approximate surface area is 236 Å². The molecule has 0 fully saturated rings. The lowest BCUT2D eigenvalue weighted by Gasteiger charge is -2.34. The van der Waals surface area contributed by atoms with Crippen LogP contribution in [-0.2, 0) is 26.2 Å². The van der Waals surface area contributed by atoms with Crippen LogP contribution in [0.2, 0.25) is 5.02 Å². The number of halogens is 1. The number of aryl methyl sites for hydroxylation is 1. The van der Waals surface area contributed by atoms with Crippen molar-refractivity contribution in [3.05, 3.63) is 94.5 Å². The van der Waals surface area contributed by atoms with Crippen LogP contribution in [0.25, 0.3) is 0 Å².